The van der Waals surface area contributed by atoms with Crippen molar-refractivity contribution >= 4 is 11.6 Å². The lowest BCUT2D eigenvalue weighted by molar-refractivity contribution is -0.928. The van der Waals surface area contributed by atoms with E-state index in [1.165, 1.54) is 11.0 Å². The Bertz CT molecular complexity index is 471. The Balaban J connectivity index is 2.00. The maximum atomic E-state index is 13.5. The largest absolute Gasteiger partial charge is 0.364 e. The summed E-state index contributed by atoms with van der Waals surface area (Å²) in [6, 6.07) is 5.98. The van der Waals surface area contributed by atoms with Crippen molar-refractivity contribution in [2.24, 2.45) is 0 Å². The Labute approximate surface area is 118 Å². The first-order valence-corrected chi connectivity index (χ1v) is 7.02. The predicted molar refractivity (Wildman–Crippen MR) is 75.2 cm³/mol. The number of para-hydroxylation sites is 1. The van der Waals surface area contributed by atoms with Crippen LogP contribution in [0.25, 0.3) is 0 Å². The summed E-state index contributed by atoms with van der Waals surface area (Å²) >= 11 is 0. The van der Waals surface area contributed by atoms with Gasteiger partial charge in [-0.25, -0.2) is 4.39 Å². The van der Waals surface area contributed by atoms with Crippen LogP contribution in [0.1, 0.15) is 20.8 Å². The first kappa shape index (κ1) is 14.9. The Morgan fingerprint density at radius 2 is 1.95 bits per heavy atom. The van der Waals surface area contributed by atoms with Crippen molar-refractivity contribution in [1.82, 2.24) is 0 Å². The highest BCUT2D eigenvalue weighted by molar-refractivity contribution is 5.93. The van der Waals surface area contributed by atoms with Crippen molar-refractivity contribution in [2.75, 3.05) is 18.4 Å². The minimum atomic E-state index is -0.410. The minimum Gasteiger partial charge on any atom is -0.364 e. The lowest BCUT2D eigenvalue weighted by Crippen LogP contribution is -3.19. The molecular formula is C15H22FN2O2+. The number of hydrogen-bond donors (Lipinski definition) is 2. The highest BCUT2D eigenvalue weighted by atomic mass is 19.1. The molecule has 1 heterocycles. The number of nitrogens with one attached hydrogen (secondary N) is 2. The third-order valence-corrected chi connectivity index (χ3v) is 3.70. The monoisotopic (exact) mass is 281 g/mol. The zero-order valence-electron chi connectivity index (χ0n) is 12.2. The fourth-order valence-corrected chi connectivity index (χ4v) is 2.66. The second-order valence-electron chi connectivity index (χ2n) is 5.51. The molecule has 2 rings (SSSR count). The average molecular weight is 281 g/mol. The van der Waals surface area contributed by atoms with E-state index in [0.717, 1.165) is 13.1 Å². The molecule has 0 saturated carbocycles. The number of morpholine rings is 1. The third kappa shape index (κ3) is 3.55. The van der Waals surface area contributed by atoms with Gasteiger partial charge in [0.15, 0.2) is 6.04 Å². The maximum absolute atomic E-state index is 13.5. The first-order valence-electron chi connectivity index (χ1n) is 7.02. The summed E-state index contributed by atoms with van der Waals surface area (Å²) in [5.74, 6) is -0.571. The molecule has 1 aromatic rings. The van der Waals surface area contributed by atoms with E-state index in [4.69, 9.17) is 4.74 Å². The van der Waals surface area contributed by atoms with Gasteiger partial charge in [-0.2, -0.15) is 0 Å². The van der Waals surface area contributed by atoms with Gasteiger partial charge in [0.25, 0.3) is 5.91 Å². The highest BCUT2D eigenvalue weighted by Crippen LogP contribution is 2.12. The smallest absolute Gasteiger partial charge is 0.282 e. The van der Waals surface area contributed by atoms with Crippen LogP contribution in [0, 0.1) is 5.82 Å². The second kappa shape index (κ2) is 6.33. The lowest BCUT2D eigenvalue weighted by Gasteiger charge is -2.35. The molecular weight excluding hydrogens is 259 g/mol. The minimum absolute atomic E-state index is 0.137. The Hall–Kier alpha value is -1.46. The first-order chi connectivity index (χ1) is 9.47. The zero-order valence-corrected chi connectivity index (χ0v) is 12.2. The molecule has 0 aromatic heterocycles. The number of rotatable bonds is 3. The van der Waals surface area contributed by atoms with Crippen LogP contribution in [-0.4, -0.2) is 37.2 Å². The number of hydrogen-bond acceptors (Lipinski definition) is 2. The molecule has 1 aliphatic rings. The van der Waals surface area contributed by atoms with E-state index in [1.807, 2.05) is 20.8 Å². The molecule has 4 nitrogen and oxygen atoms in total. The van der Waals surface area contributed by atoms with Gasteiger partial charge >= 0.3 is 0 Å². The van der Waals surface area contributed by atoms with E-state index in [1.54, 1.807) is 18.2 Å². The highest BCUT2D eigenvalue weighted by Gasteiger charge is 2.33. The van der Waals surface area contributed by atoms with Gasteiger partial charge in [0, 0.05) is 0 Å². The van der Waals surface area contributed by atoms with Crippen molar-refractivity contribution in [3.05, 3.63) is 30.1 Å². The van der Waals surface area contributed by atoms with Gasteiger partial charge in [0.1, 0.15) is 31.1 Å². The van der Waals surface area contributed by atoms with Crippen LogP contribution < -0.4 is 10.2 Å². The SMILES string of the molecule is C[C@@H]1C[NH+]([C@@H](C)C(=O)Nc2ccccc2F)C[C@H](C)O1. The molecule has 1 amide bonds. The summed E-state index contributed by atoms with van der Waals surface area (Å²) in [6.07, 6.45) is 0.273. The van der Waals surface area contributed by atoms with Gasteiger partial charge in [-0.15, -0.1) is 0 Å². The van der Waals surface area contributed by atoms with Crippen molar-refractivity contribution in [2.45, 2.75) is 39.0 Å². The molecule has 0 radical (unpaired) electrons. The number of halogens is 1. The number of benzene rings is 1. The standard InChI is InChI=1S/C15H21FN2O2/c1-10-8-18(9-11(2)20-10)12(3)15(19)17-14-7-5-4-6-13(14)16/h4-7,10-12H,8-9H2,1-3H3,(H,17,19)/p+1/t10-,11+,12-/m0/s1. The van der Waals surface area contributed by atoms with Gasteiger partial charge in [-0.1, -0.05) is 12.1 Å². The second-order valence-corrected chi connectivity index (χ2v) is 5.51. The molecule has 1 aromatic carbocycles. The molecule has 5 heteroatoms. The van der Waals surface area contributed by atoms with E-state index in [-0.39, 0.29) is 29.8 Å². The van der Waals surface area contributed by atoms with Crippen molar-refractivity contribution < 1.29 is 18.8 Å². The molecule has 110 valence electrons. The molecule has 0 aliphatic carbocycles. The molecule has 1 fully saturated rings. The summed E-state index contributed by atoms with van der Waals surface area (Å²) in [7, 11) is 0. The van der Waals surface area contributed by atoms with Gasteiger partial charge in [-0.05, 0) is 32.9 Å². The van der Waals surface area contributed by atoms with Crippen LogP contribution in [-0.2, 0) is 9.53 Å². The van der Waals surface area contributed by atoms with Crippen molar-refractivity contribution in [3.8, 4) is 0 Å². The molecule has 1 unspecified atom stereocenters. The number of carbonyl (C=O) groups is 1. The number of carbonyl (C=O) groups excluding carboxylic acids is 1. The maximum Gasteiger partial charge on any atom is 0.282 e. The quantitative estimate of drug-likeness (QED) is 0.862. The fourth-order valence-electron chi connectivity index (χ4n) is 2.66. The van der Waals surface area contributed by atoms with Crippen molar-refractivity contribution in [1.29, 1.82) is 0 Å². The van der Waals surface area contributed by atoms with E-state index in [0.29, 0.717) is 0 Å². The van der Waals surface area contributed by atoms with E-state index in [9.17, 15) is 9.18 Å². The number of quaternary nitrogens is 1. The van der Waals surface area contributed by atoms with E-state index in [2.05, 4.69) is 5.32 Å². The topological polar surface area (TPSA) is 42.8 Å². The van der Waals surface area contributed by atoms with E-state index < -0.39 is 5.82 Å². The molecule has 1 saturated heterocycles. The van der Waals surface area contributed by atoms with Gasteiger partial charge in [0.2, 0.25) is 0 Å². The predicted octanol–water partition coefficient (Wildman–Crippen LogP) is 0.845. The van der Waals surface area contributed by atoms with Gasteiger partial charge < -0.3 is 15.0 Å². The van der Waals surface area contributed by atoms with Crippen LogP contribution >= 0.6 is 0 Å². The molecule has 2 N–H and O–H groups in total. The van der Waals surface area contributed by atoms with Crippen LogP contribution in [0.15, 0.2) is 24.3 Å². The lowest BCUT2D eigenvalue weighted by atomic mass is 10.1. The third-order valence-electron chi connectivity index (χ3n) is 3.70. The molecule has 1 aliphatic heterocycles. The molecule has 0 bridgehead atoms. The van der Waals surface area contributed by atoms with Gasteiger partial charge in [-0.3, -0.25) is 4.79 Å². The Kier molecular flexibility index (Phi) is 4.73. The van der Waals surface area contributed by atoms with Gasteiger partial charge in [0.05, 0.1) is 5.69 Å². The number of amides is 1. The van der Waals surface area contributed by atoms with Crippen LogP contribution in [0.3, 0.4) is 0 Å². The van der Waals surface area contributed by atoms with Crippen molar-refractivity contribution in [3.63, 3.8) is 0 Å². The summed E-state index contributed by atoms with van der Waals surface area (Å²) in [4.78, 5) is 13.4. The Morgan fingerprint density at radius 3 is 2.55 bits per heavy atom. The normalized spacial score (nSPS) is 27.9. The number of anilines is 1. The molecule has 4 atom stereocenters. The van der Waals surface area contributed by atoms with Crippen LogP contribution in [0.2, 0.25) is 0 Å². The average Bonchev–Trinajstić information content (AvgIpc) is 2.39. The van der Waals surface area contributed by atoms with Crippen LogP contribution in [0.5, 0.6) is 0 Å². The molecule has 20 heavy (non-hydrogen) atoms. The number of ether oxygens (including phenoxy) is 1. The molecule has 0 spiro atoms. The summed E-state index contributed by atoms with van der Waals surface area (Å²) in [6.45, 7) is 7.47. The van der Waals surface area contributed by atoms with E-state index >= 15 is 0 Å². The Morgan fingerprint density at radius 1 is 1.35 bits per heavy atom. The fraction of sp³-hybridized carbons (Fsp3) is 0.533. The van der Waals surface area contributed by atoms with Crippen LogP contribution in [0.4, 0.5) is 10.1 Å². The summed E-state index contributed by atoms with van der Waals surface area (Å²) in [5, 5.41) is 2.66. The summed E-state index contributed by atoms with van der Waals surface area (Å²) in [5.41, 5.74) is 0.234. The zero-order chi connectivity index (χ0) is 14.7. The summed E-state index contributed by atoms with van der Waals surface area (Å²) < 4.78 is 19.2.